The van der Waals surface area contributed by atoms with E-state index in [9.17, 15) is 14.9 Å². The Bertz CT molecular complexity index is 441. The summed E-state index contributed by atoms with van der Waals surface area (Å²) in [5, 5.41) is 19.1. The van der Waals surface area contributed by atoms with Crippen LogP contribution in [0.4, 0.5) is 5.69 Å². The number of hydrogen-bond acceptors (Lipinski definition) is 4. The van der Waals surface area contributed by atoms with Gasteiger partial charge in [-0.3, -0.25) is 10.1 Å². The van der Waals surface area contributed by atoms with E-state index >= 15 is 0 Å². The summed E-state index contributed by atoms with van der Waals surface area (Å²) in [5.41, 5.74) is 1.11. The highest BCUT2D eigenvalue weighted by atomic mass is 16.6. The van der Waals surface area contributed by atoms with Gasteiger partial charge < -0.3 is 9.84 Å². The van der Waals surface area contributed by atoms with Gasteiger partial charge in [-0.2, -0.15) is 0 Å². The van der Waals surface area contributed by atoms with Gasteiger partial charge in [0.25, 0.3) is 5.69 Å². The van der Waals surface area contributed by atoms with Crippen LogP contribution in [0, 0.1) is 24.0 Å². The lowest BCUT2D eigenvalue weighted by atomic mass is 10.1. The maximum Gasteiger partial charge on any atom is 0.341 e. The first kappa shape index (κ1) is 12.0. The Kier molecular flexibility index (Phi) is 3.44. The van der Waals surface area contributed by atoms with Crippen LogP contribution in [0.3, 0.4) is 0 Å². The van der Waals surface area contributed by atoms with Gasteiger partial charge in [0.15, 0.2) is 6.61 Å². The van der Waals surface area contributed by atoms with Crippen molar-refractivity contribution in [1.29, 1.82) is 0 Å². The Labute approximate surface area is 91.6 Å². The van der Waals surface area contributed by atoms with Crippen molar-refractivity contribution < 1.29 is 19.6 Å². The summed E-state index contributed by atoms with van der Waals surface area (Å²) in [6, 6.07) is 2.84. The van der Waals surface area contributed by atoms with Gasteiger partial charge in [0.2, 0.25) is 0 Å². The molecule has 6 nitrogen and oxygen atoms in total. The van der Waals surface area contributed by atoms with Crippen LogP contribution in [0.5, 0.6) is 5.75 Å². The number of carboxylic acids is 1. The molecule has 0 radical (unpaired) electrons. The van der Waals surface area contributed by atoms with Crippen molar-refractivity contribution in [2.45, 2.75) is 13.8 Å². The van der Waals surface area contributed by atoms with Crippen molar-refractivity contribution in [3.63, 3.8) is 0 Å². The number of benzene rings is 1. The molecule has 6 heteroatoms. The van der Waals surface area contributed by atoms with Crippen LogP contribution < -0.4 is 4.74 Å². The van der Waals surface area contributed by atoms with E-state index in [4.69, 9.17) is 9.84 Å². The molecule has 0 bridgehead atoms. The molecule has 0 fully saturated rings. The molecule has 16 heavy (non-hydrogen) atoms. The summed E-state index contributed by atoms with van der Waals surface area (Å²) in [6.07, 6.45) is 0. The molecular formula is C10H11NO5. The van der Waals surface area contributed by atoms with Gasteiger partial charge >= 0.3 is 5.97 Å². The van der Waals surface area contributed by atoms with Crippen LogP contribution in [0.15, 0.2) is 12.1 Å². The van der Waals surface area contributed by atoms with E-state index in [2.05, 4.69) is 0 Å². The third kappa shape index (κ3) is 2.69. The topological polar surface area (TPSA) is 89.7 Å². The third-order valence-electron chi connectivity index (χ3n) is 2.04. The largest absolute Gasteiger partial charge is 0.481 e. The molecule has 0 atom stereocenters. The van der Waals surface area contributed by atoms with E-state index in [0.29, 0.717) is 11.1 Å². The van der Waals surface area contributed by atoms with E-state index < -0.39 is 17.5 Å². The Morgan fingerprint density at radius 3 is 2.56 bits per heavy atom. The monoisotopic (exact) mass is 225 g/mol. The van der Waals surface area contributed by atoms with Crippen molar-refractivity contribution in [2.24, 2.45) is 0 Å². The number of hydrogen-bond donors (Lipinski definition) is 1. The Balaban J connectivity index is 3.05. The fourth-order valence-corrected chi connectivity index (χ4v) is 1.31. The van der Waals surface area contributed by atoms with Crippen molar-refractivity contribution in [1.82, 2.24) is 0 Å². The van der Waals surface area contributed by atoms with Gasteiger partial charge in [-0.1, -0.05) is 0 Å². The third-order valence-corrected chi connectivity index (χ3v) is 2.04. The molecule has 0 amide bonds. The van der Waals surface area contributed by atoms with E-state index in [1.807, 2.05) is 0 Å². The smallest absolute Gasteiger partial charge is 0.341 e. The summed E-state index contributed by atoms with van der Waals surface area (Å²) in [4.78, 5) is 20.4. The van der Waals surface area contributed by atoms with Crippen molar-refractivity contribution >= 4 is 11.7 Å². The molecule has 1 aromatic carbocycles. The molecular weight excluding hydrogens is 214 g/mol. The molecule has 0 spiro atoms. The summed E-state index contributed by atoms with van der Waals surface area (Å²) >= 11 is 0. The fraction of sp³-hybridized carbons (Fsp3) is 0.300. The summed E-state index contributed by atoms with van der Waals surface area (Å²) < 4.78 is 4.94. The van der Waals surface area contributed by atoms with Crippen molar-refractivity contribution in [2.75, 3.05) is 6.61 Å². The SMILES string of the molecule is Cc1cc(C)c([N+](=O)[O-])cc1OCC(=O)O. The second kappa shape index (κ2) is 4.61. The van der Waals surface area contributed by atoms with E-state index in [1.54, 1.807) is 19.9 Å². The van der Waals surface area contributed by atoms with Crippen LogP contribution in [0.1, 0.15) is 11.1 Å². The van der Waals surface area contributed by atoms with Crippen molar-refractivity contribution in [3.05, 3.63) is 33.4 Å². The normalized spacial score (nSPS) is 9.88. The lowest BCUT2D eigenvalue weighted by Crippen LogP contribution is -2.10. The zero-order valence-electron chi connectivity index (χ0n) is 8.89. The number of nitro benzene ring substituents is 1. The van der Waals surface area contributed by atoms with Gasteiger partial charge in [-0.15, -0.1) is 0 Å². The number of nitro groups is 1. The minimum absolute atomic E-state index is 0.0778. The molecule has 0 saturated carbocycles. The standard InChI is InChI=1S/C10H11NO5/c1-6-3-7(2)9(16-5-10(12)13)4-8(6)11(14)15/h3-4H,5H2,1-2H3,(H,12,13). The average Bonchev–Trinajstić information content (AvgIpc) is 2.15. The van der Waals surface area contributed by atoms with E-state index in [0.717, 1.165) is 0 Å². The summed E-state index contributed by atoms with van der Waals surface area (Å²) in [7, 11) is 0. The summed E-state index contributed by atoms with van der Waals surface area (Å²) in [5.74, 6) is -0.901. The van der Waals surface area contributed by atoms with Crippen LogP contribution in [-0.2, 0) is 4.79 Å². The maximum atomic E-state index is 10.7. The second-order valence-electron chi connectivity index (χ2n) is 3.34. The van der Waals surface area contributed by atoms with Crippen molar-refractivity contribution in [3.8, 4) is 5.75 Å². The average molecular weight is 225 g/mol. The van der Waals surface area contributed by atoms with Gasteiger partial charge in [0.1, 0.15) is 5.75 Å². The number of aliphatic carboxylic acids is 1. The molecule has 0 aliphatic heterocycles. The number of nitrogens with zero attached hydrogens (tertiary/aromatic N) is 1. The zero-order valence-corrected chi connectivity index (χ0v) is 8.89. The first-order chi connectivity index (χ1) is 7.41. The number of carbonyl (C=O) groups is 1. The quantitative estimate of drug-likeness (QED) is 0.621. The highest BCUT2D eigenvalue weighted by molar-refractivity contribution is 5.68. The van der Waals surface area contributed by atoms with E-state index in [1.165, 1.54) is 6.07 Å². The molecule has 0 aliphatic carbocycles. The molecule has 1 N–H and O–H groups in total. The molecule has 0 unspecified atom stereocenters. The van der Waals surface area contributed by atoms with Gasteiger partial charge in [-0.05, 0) is 25.5 Å². The lowest BCUT2D eigenvalue weighted by molar-refractivity contribution is -0.385. The first-order valence-electron chi connectivity index (χ1n) is 4.52. The van der Waals surface area contributed by atoms with E-state index in [-0.39, 0.29) is 11.4 Å². The molecule has 0 aromatic heterocycles. The number of carboxylic acid groups (broad SMARTS) is 1. The Hall–Kier alpha value is -2.11. The predicted molar refractivity (Wildman–Crippen MR) is 55.7 cm³/mol. The first-order valence-corrected chi connectivity index (χ1v) is 4.52. The van der Waals surface area contributed by atoms with Gasteiger partial charge in [0, 0.05) is 5.56 Å². The number of aryl methyl sites for hydroxylation is 2. The highest BCUT2D eigenvalue weighted by Crippen LogP contribution is 2.27. The van der Waals surface area contributed by atoms with Crippen LogP contribution in [0.2, 0.25) is 0 Å². The molecule has 0 saturated heterocycles. The fourth-order valence-electron chi connectivity index (χ4n) is 1.31. The molecule has 86 valence electrons. The minimum Gasteiger partial charge on any atom is -0.481 e. The second-order valence-corrected chi connectivity index (χ2v) is 3.34. The Morgan fingerprint density at radius 2 is 2.06 bits per heavy atom. The van der Waals surface area contributed by atoms with Gasteiger partial charge in [0.05, 0.1) is 11.0 Å². The highest BCUT2D eigenvalue weighted by Gasteiger charge is 2.14. The maximum absolute atomic E-state index is 10.7. The van der Waals surface area contributed by atoms with Gasteiger partial charge in [-0.25, -0.2) is 4.79 Å². The molecule has 1 aromatic rings. The predicted octanol–water partition coefficient (Wildman–Crippen LogP) is 1.68. The van der Waals surface area contributed by atoms with Crippen LogP contribution >= 0.6 is 0 Å². The molecule has 0 aliphatic rings. The van der Waals surface area contributed by atoms with Crippen LogP contribution in [0.25, 0.3) is 0 Å². The summed E-state index contributed by atoms with van der Waals surface area (Å²) in [6.45, 7) is 2.81. The molecule has 0 heterocycles. The zero-order chi connectivity index (χ0) is 12.3. The Morgan fingerprint density at radius 1 is 1.44 bits per heavy atom. The number of ether oxygens (including phenoxy) is 1. The lowest BCUT2D eigenvalue weighted by Gasteiger charge is -2.07. The van der Waals surface area contributed by atoms with Crippen LogP contribution in [-0.4, -0.2) is 22.6 Å². The minimum atomic E-state index is -1.12. The molecule has 1 rings (SSSR count). The number of rotatable bonds is 4.